The number of nitrogens with one attached hydrogen (secondary N) is 2. The monoisotopic (exact) mass is 297 g/mol. The van der Waals surface area contributed by atoms with Gasteiger partial charge in [0.2, 0.25) is 0 Å². The van der Waals surface area contributed by atoms with Crippen molar-refractivity contribution in [2.75, 3.05) is 0 Å². The summed E-state index contributed by atoms with van der Waals surface area (Å²) in [5.41, 5.74) is 2.30. The third kappa shape index (κ3) is 3.56. The zero-order valence-corrected chi connectivity index (χ0v) is 12.5. The van der Waals surface area contributed by atoms with Crippen LogP contribution in [0, 0.1) is 16.1 Å². The number of H-pyrrole nitrogens is 2. The van der Waals surface area contributed by atoms with Crippen molar-refractivity contribution in [2.24, 2.45) is 0 Å². The first kappa shape index (κ1) is 14.9. The van der Waals surface area contributed by atoms with Gasteiger partial charge in [0.05, 0.1) is 5.69 Å². The van der Waals surface area contributed by atoms with E-state index in [1.807, 2.05) is 30.3 Å². The van der Waals surface area contributed by atoms with Gasteiger partial charge in [-0.15, -0.1) is 0 Å². The maximum atomic E-state index is 11.7. The van der Waals surface area contributed by atoms with Crippen molar-refractivity contribution in [1.29, 1.82) is 5.26 Å². The highest BCUT2D eigenvalue weighted by Gasteiger charge is 2.05. The molecule has 1 aromatic carbocycles. The van der Waals surface area contributed by atoms with Crippen LogP contribution in [0.4, 0.5) is 0 Å². The second kappa shape index (κ2) is 6.82. The van der Waals surface area contributed by atoms with Crippen molar-refractivity contribution in [3.63, 3.8) is 0 Å². The van der Waals surface area contributed by atoms with Crippen LogP contribution in [0.5, 0.6) is 0 Å². The number of benzene rings is 1. The normalized spacial score (nSPS) is 10.7. The van der Waals surface area contributed by atoms with Gasteiger partial charge in [0.1, 0.15) is 11.6 Å². The number of aromatic nitrogens is 2. The Balaban J connectivity index is 2.46. The molecule has 21 heavy (non-hydrogen) atoms. The summed E-state index contributed by atoms with van der Waals surface area (Å²) in [6.45, 7) is 2.13. The van der Waals surface area contributed by atoms with Crippen molar-refractivity contribution in [1.82, 2.24) is 9.97 Å². The fraction of sp³-hybridized carbons (Fsp3) is 0.188. The Morgan fingerprint density at radius 2 is 2.05 bits per heavy atom. The van der Waals surface area contributed by atoms with Crippen LogP contribution in [0.2, 0.25) is 0 Å². The van der Waals surface area contributed by atoms with Crippen LogP contribution in [0.1, 0.15) is 35.7 Å². The lowest BCUT2D eigenvalue weighted by atomic mass is 10.0. The SMILES string of the molecule is CCCc1ccccc1/C=C/c1[nH]c(=S)[nH]c(=O)c1C#N. The quantitative estimate of drug-likeness (QED) is 0.849. The average Bonchev–Trinajstić information content (AvgIpc) is 2.46. The van der Waals surface area contributed by atoms with Crippen LogP contribution in [0.25, 0.3) is 12.2 Å². The summed E-state index contributed by atoms with van der Waals surface area (Å²) in [4.78, 5) is 16.9. The molecule has 1 heterocycles. The first-order chi connectivity index (χ1) is 10.2. The van der Waals surface area contributed by atoms with Gasteiger partial charge in [0.25, 0.3) is 5.56 Å². The molecule has 0 aliphatic rings. The van der Waals surface area contributed by atoms with Gasteiger partial charge >= 0.3 is 0 Å². The molecule has 2 rings (SSSR count). The number of hydrogen-bond acceptors (Lipinski definition) is 3. The molecule has 0 bridgehead atoms. The fourth-order valence-electron chi connectivity index (χ4n) is 2.11. The van der Waals surface area contributed by atoms with E-state index in [4.69, 9.17) is 17.5 Å². The molecule has 1 aromatic heterocycles. The molecule has 2 aromatic rings. The number of aryl methyl sites for hydroxylation is 1. The van der Waals surface area contributed by atoms with E-state index >= 15 is 0 Å². The Morgan fingerprint density at radius 1 is 1.29 bits per heavy atom. The summed E-state index contributed by atoms with van der Waals surface area (Å²) in [7, 11) is 0. The maximum absolute atomic E-state index is 11.7. The highest BCUT2D eigenvalue weighted by atomic mass is 32.1. The zero-order valence-electron chi connectivity index (χ0n) is 11.6. The van der Waals surface area contributed by atoms with E-state index in [1.165, 1.54) is 5.56 Å². The lowest BCUT2D eigenvalue weighted by molar-refractivity contribution is 0.919. The van der Waals surface area contributed by atoms with Crippen LogP contribution in [-0.2, 0) is 6.42 Å². The maximum Gasteiger partial charge on any atom is 0.270 e. The molecule has 0 atom stereocenters. The Kier molecular flexibility index (Phi) is 4.85. The van der Waals surface area contributed by atoms with Crippen molar-refractivity contribution >= 4 is 24.4 Å². The standard InChI is InChI=1S/C16H15N3OS/c1-2-5-11-6-3-4-7-12(11)8-9-14-13(10-17)15(20)19-16(21)18-14/h3-4,6-9H,2,5H2,1H3,(H2,18,19,20,21)/b9-8+. The number of nitriles is 1. The first-order valence-electron chi connectivity index (χ1n) is 6.68. The van der Waals surface area contributed by atoms with Gasteiger partial charge in [-0.3, -0.25) is 9.78 Å². The van der Waals surface area contributed by atoms with E-state index in [-0.39, 0.29) is 10.3 Å². The van der Waals surface area contributed by atoms with E-state index in [0.29, 0.717) is 5.69 Å². The lowest BCUT2D eigenvalue weighted by Crippen LogP contribution is -2.13. The number of hydrogen-bond donors (Lipinski definition) is 2. The molecule has 0 aliphatic heterocycles. The molecule has 0 saturated heterocycles. The second-order valence-electron chi connectivity index (χ2n) is 4.59. The predicted octanol–water partition coefficient (Wildman–Crippen LogP) is 3.43. The number of aromatic amines is 2. The molecule has 0 unspecified atom stereocenters. The van der Waals surface area contributed by atoms with Gasteiger partial charge in [-0.05, 0) is 35.8 Å². The molecule has 4 nitrogen and oxygen atoms in total. The second-order valence-corrected chi connectivity index (χ2v) is 5.00. The van der Waals surface area contributed by atoms with Gasteiger partial charge in [0, 0.05) is 0 Å². The third-order valence-electron chi connectivity index (χ3n) is 3.09. The minimum Gasteiger partial charge on any atom is -0.331 e. The summed E-state index contributed by atoms with van der Waals surface area (Å²) in [6.07, 6.45) is 5.66. The summed E-state index contributed by atoms with van der Waals surface area (Å²) in [6, 6.07) is 9.95. The lowest BCUT2D eigenvalue weighted by Gasteiger charge is -2.04. The highest BCUT2D eigenvalue weighted by molar-refractivity contribution is 7.71. The summed E-state index contributed by atoms with van der Waals surface area (Å²) in [5.74, 6) is 0. The number of nitrogens with zero attached hydrogens (tertiary/aromatic N) is 1. The number of rotatable bonds is 4. The van der Waals surface area contributed by atoms with Crippen LogP contribution >= 0.6 is 12.2 Å². The molecular formula is C16H15N3OS. The minimum absolute atomic E-state index is 0.0350. The van der Waals surface area contributed by atoms with Crippen molar-refractivity contribution < 1.29 is 0 Å². The summed E-state index contributed by atoms with van der Waals surface area (Å²) < 4.78 is 0.209. The minimum atomic E-state index is -0.470. The van der Waals surface area contributed by atoms with E-state index in [2.05, 4.69) is 23.0 Å². The molecule has 2 N–H and O–H groups in total. The first-order valence-corrected chi connectivity index (χ1v) is 7.09. The Bertz CT molecular complexity index is 824. The van der Waals surface area contributed by atoms with Crippen LogP contribution in [0.3, 0.4) is 0 Å². The van der Waals surface area contributed by atoms with Crippen LogP contribution in [-0.4, -0.2) is 9.97 Å². The van der Waals surface area contributed by atoms with Gasteiger partial charge < -0.3 is 4.98 Å². The highest BCUT2D eigenvalue weighted by Crippen LogP contribution is 2.14. The van der Waals surface area contributed by atoms with Crippen molar-refractivity contribution in [3.05, 3.63) is 61.8 Å². The Hall–Kier alpha value is -2.45. The molecule has 106 valence electrons. The molecule has 0 fully saturated rings. The molecule has 5 heteroatoms. The van der Waals surface area contributed by atoms with Crippen molar-refractivity contribution in [3.8, 4) is 6.07 Å². The molecular weight excluding hydrogens is 282 g/mol. The van der Waals surface area contributed by atoms with E-state index in [9.17, 15) is 4.79 Å². The van der Waals surface area contributed by atoms with E-state index in [0.717, 1.165) is 18.4 Å². The van der Waals surface area contributed by atoms with E-state index < -0.39 is 5.56 Å². The Morgan fingerprint density at radius 3 is 2.76 bits per heavy atom. The molecule has 0 radical (unpaired) electrons. The van der Waals surface area contributed by atoms with Crippen molar-refractivity contribution in [2.45, 2.75) is 19.8 Å². The molecule has 0 amide bonds. The van der Waals surface area contributed by atoms with E-state index in [1.54, 1.807) is 6.08 Å². The third-order valence-corrected chi connectivity index (χ3v) is 3.29. The van der Waals surface area contributed by atoms with Crippen LogP contribution < -0.4 is 5.56 Å². The topological polar surface area (TPSA) is 72.4 Å². The average molecular weight is 297 g/mol. The molecule has 0 spiro atoms. The van der Waals surface area contributed by atoms with Gasteiger partial charge in [-0.25, -0.2) is 0 Å². The predicted molar refractivity (Wildman–Crippen MR) is 86.3 cm³/mol. The van der Waals surface area contributed by atoms with Gasteiger partial charge in [-0.2, -0.15) is 5.26 Å². The Labute approximate surface area is 127 Å². The summed E-state index contributed by atoms with van der Waals surface area (Å²) in [5, 5.41) is 9.07. The van der Waals surface area contributed by atoms with Gasteiger partial charge in [0.15, 0.2) is 4.77 Å². The fourth-order valence-corrected chi connectivity index (χ4v) is 2.31. The zero-order chi connectivity index (χ0) is 15.2. The molecule has 0 aliphatic carbocycles. The van der Waals surface area contributed by atoms with Gasteiger partial charge in [-0.1, -0.05) is 43.7 Å². The smallest absolute Gasteiger partial charge is 0.270 e. The molecule has 0 saturated carbocycles. The van der Waals surface area contributed by atoms with Crippen LogP contribution in [0.15, 0.2) is 29.1 Å². The largest absolute Gasteiger partial charge is 0.331 e. The summed E-state index contributed by atoms with van der Waals surface area (Å²) >= 11 is 4.94.